The van der Waals surface area contributed by atoms with Gasteiger partial charge in [-0.1, -0.05) is 11.6 Å². The molecule has 0 saturated carbocycles. The van der Waals surface area contributed by atoms with Crippen LogP contribution in [0.15, 0.2) is 24.3 Å². The highest BCUT2D eigenvalue weighted by Crippen LogP contribution is 2.15. The molecule has 0 saturated heterocycles. The number of anilines is 2. The SMILES string of the molecule is Clc1ccc(Nc2n[c][nH]n2)cc1. The number of hydrogen-bond acceptors (Lipinski definition) is 3. The molecule has 4 nitrogen and oxygen atoms in total. The topological polar surface area (TPSA) is 53.6 Å². The maximum absolute atomic E-state index is 5.72. The van der Waals surface area contributed by atoms with Crippen LogP contribution in [0.3, 0.4) is 0 Å². The minimum atomic E-state index is 0.488. The maximum atomic E-state index is 5.72. The van der Waals surface area contributed by atoms with Crippen LogP contribution in [0.2, 0.25) is 5.02 Å². The second kappa shape index (κ2) is 3.45. The largest absolute Gasteiger partial charge is 0.323 e. The van der Waals surface area contributed by atoms with Gasteiger partial charge in [0.1, 0.15) is 0 Å². The standard InChI is InChI=1S/C8H6ClN4/c9-6-1-3-7(4-2-6)12-8-10-5-11-13-8/h1-4H,(H2,10,11,12,13). The van der Waals surface area contributed by atoms with Gasteiger partial charge in [-0.2, -0.15) is 4.98 Å². The summed E-state index contributed by atoms with van der Waals surface area (Å²) >= 11 is 5.72. The first-order chi connectivity index (χ1) is 6.34. The summed E-state index contributed by atoms with van der Waals surface area (Å²) in [6.07, 6.45) is 2.49. The molecule has 0 aliphatic carbocycles. The molecule has 0 spiro atoms. The molecule has 0 aliphatic rings. The highest BCUT2D eigenvalue weighted by atomic mass is 35.5. The molecule has 2 rings (SSSR count). The van der Waals surface area contributed by atoms with Crippen LogP contribution in [0, 0.1) is 6.33 Å². The van der Waals surface area contributed by atoms with Crippen molar-refractivity contribution in [2.75, 3.05) is 5.32 Å². The highest BCUT2D eigenvalue weighted by Gasteiger charge is 1.96. The molecule has 1 aromatic carbocycles. The van der Waals surface area contributed by atoms with Gasteiger partial charge in [0.2, 0.25) is 5.95 Å². The zero-order chi connectivity index (χ0) is 9.10. The van der Waals surface area contributed by atoms with Gasteiger partial charge in [-0.05, 0) is 24.3 Å². The molecule has 0 atom stereocenters. The van der Waals surface area contributed by atoms with Crippen molar-refractivity contribution in [3.8, 4) is 0 Å². The van der Waals surface area contributed by atoms with E-state index in [0.29, 0.717) is 11.0 Å². The van der Waals surface area contributed by atoms with Gasteiger partial charge in [0.05, 0.1) is 0 Å². The number of hydrogen-bond donors (Lipinski definition) is 2. The van der Waals surface area contributed by atoms with Gasteiger partial charge in [0.15, 0.2) is 6.33 Å². The van der Waals surface area contributed by atoms with Crippen LogP contribution in [-0.4, -0.2) is 15.2 Å². The number of H-pyrrole nitrogens is 1. The molecule has 2 aromatic rings. The van der Waals surface area contributed by atoms with Crippen LogP contribution in [0.4, 0.5) is 11.6 Å². The predicted molar refractivity (Wildman–Crippen MR) is 50.0 cm³/mol. The van der Waals surface area contributed by atoms with E-state index in [1.807, 2.05) is 12.1 Å². The highest BCUT2D eigenvalue weighted by molar-refractivity contribution is 6.30. The second-order valence-electron chi connectivity index (χ2n) is 2.40. The van der Waals surface area contributed by atoms with Crippen molar-refractivity contribution < 1.29 is 0 Å². The molecule has 0 unspecified atom stereocenters. The first-order valence-electron chi connectivity index (χ1n) is 3.65. The average molecular weight is 194 g/mol. The molecule has 1 aromatic heterocycles. The Balaban J connectivity index is 2.15. The van der Waals surface area contributed by atoms with E-state index in [1.165, 1.54) is 0 Å². The van der Waals surface area contributed by atoms with Crippen molar-refractivity contribution in [1.82, 2.24) is 15.2 Å². The van der Waals surface area contributed by atoms with E-state index >= 15 is 0 Å². The molecule has 5 heteroatoms. The lowest BCUT2D eigenvalue weighted by molar-refractivity contribution is 1.09. The lowest BCUT2D eigenvalue weighted by Crippen LogP contribution is -1.91. The summed E-state index contributed by atoms with van der Waals surface area (Å²) in [5, 5.41) is 9.95. The second-order valence-corrected chi connectivity index (χ2v) is 2.84. The van der Waals surface area contributed by atoms with Crippen molar-refractivity contribution in [2.45, 2.75) is 0 Å². The monoisotopic (exact) mass is 193 g/mol. The average Bonchev–Trinajstić information content (AvgIpc) is 2.62. The Morgan fingerprint density at radius 2 is 2.08 bits per heavy atom. The first-order valence-corrected chi connectivity index (χ1v) is 4.03. The molecule has 0 aliphatic heterocycles. The molecule has 0 fully saturated rings. The van der Waals surface area contributed by atoms with Gasteiger partial charge in [0.25, 0.3) is 0 Å². The third-order valence-electron chi connectivity index (χ3n) is 1.47. The van der Waals surface area contributed by atoms with E-state index in [1.54, 1.807) is 12.1 Å². The van der Waals surface area contributed by atoms with Crippen molar-refractivity contribution in [2.24, 2.45) is 0 Å². The van der Waals surface area contributed by atoms with Crippen molar-refractivity contribution in [3.05, 3.63) is 35.6 Å². The number of nitrogens with one attached hydrogen (secondary N) is 2. The Morgan fingerprint density at radius 3 is 2.69 bits per heavy atom. The van der Waals surface area contributed by atoms with Gasteiger partial charge in [-0.15, -0.1) is 5.10 Å². The van der Waals surface area contributed by atoms with Gasteiger partial charge in [-0.25, -0.2) is 0 Å². The van der Waals surface area contributed by atoms with E-state index < -0.39 is 0 Å². The molecular formula is C8H6ClN4. The fourth-order valence-corrected chi connectivity index (χ4v) is 1.03. The Kier molecular flexibility index (Phi) is 2.14. The summed E-state index contributed by atoms with van der Waals surface area (Å²) < 4.78 is 0. The fourth-order valence-electron chi connectivity index (χ4n) is 0.899. The number of nitrogens with zero attached hydrogens (tertiary/aromatic N) is 2. The van der Waals surface area contributed by atoms with Crippen LogP contribution in [0.1, 0.15) is 0 Å². The molecule has 65 valence electrons. The summed E-state index contributed by atoms with van der Waals surface area (Å²) in [5.41, 5.74) is 0.886. The number of halogens is 1. The van der Waals surface area contributed by atoms with E-state index in [-0.39, 0.29) is 0 Å². The lowest BCUT2D eigenvalue weighted by Gasteiger charge is -1.99. The van der Waals surface area contributed by atoms with Crippen LogP contribution < -0.4 is 5.32 Å². The van der Waals surface area contributed by atoms with E-state index in [2.05, 4.69) is 26.8 Å². The third-order valence-corrected chi connectivity index (χ3v) is 1.73. The lowest BCUT2D eigenvalue weighted by atomic mass is 10.3. The summed E-state index contributed by atoms with van der Waals surface area (Å²) in [7, 11) is 0. The predicted octanol–water partition coefficient (Wildman–Crippen LogP) is 2.00. The third kappa shape index (κ3) is 1.97. The number of aromatic amines is 1. The smallest absolute Gasteiger partial charge is 0.246 e. The van der Waals surface area contributed by atoms with E-state index in [0.717, 1.165) is 5.69 Å². The maximum Gasteiger partial charge on any atom is 0.246 e. The van der Waals surface area contributed by atoms with Crippen LogP contribution in [0.5, 0.6) is 0 Å². The Morgan fingerprint density at radius 1 is 1.31 bits per heavy atom. The molecule has 0 bridgehead atoms. The van der Waals surface area contributed by atoms with Crippen molar-refractivity contribution >= 4 is 23.2 Å². The van der Waals surface area contributed by atoms with Crippen LogP contribution >= 0.6 is 11.6 Å². The fraction of sp³-hybridized carbons (Fsp3) is 0. The molecular weight excluding hydrogens is 188 g/mol. The summed E-state index contributed by atoms with van der Waals surface area (Å²) in [6.45, 7) is 0. The molecule has 2 N–H and O–H groups in total. The number of benzene rings is 1. The van der Waals surface area contributed by atoms with Crippen molar-refractivity contribution in [1.29, 1.82) is 0 Å². The zero-order valence-electron chi connectivity index (χ0n) is 6.58. The van der Waals surface area contributed by atoms with E-state index in [9.17, 15) is 0 Å². The quantitative estimate of drug-likeness (QED) is 0.767. The molecule has 13 heavy (non-hydrogen) atoms. The van der Waals surface area contributed by atoms with Crippen molar-refractivity contribution in [3.63, 3.8) is 0 Å². The summed E-state index contributed by atoms with van der Waals surface area (Å²) in [6, 6.07) is 7.28. The summed E-state index contributed by atoms with van der Waals surface area (Å²) in [5.74, 6) is 0.488. The Hall–Kier alpha value is -1.55. The van der Waals surface area contributed by atoms with Gasteiger partial charge in [0, 0.05) is 10.7 Å². The van der Waals surface area contributed by atoms with Gasteiger partial charge < -0.3 is 5.32 Å². The van der Waals surface area contributed by atoms with Crippen LogP contribution in [-0.2, 0) is 0 Å². The van der Waals surface area contributed by atoms with Gasteiger partial charge >= 0.3 is 0 Å². The number of aromatic nitrogens is 3. The minimum Gasteiger partial charge on any atom is -0.323 e. The molecule has 0 amide bonds. The molecule has 1 radical (unpaired) electrons. The molecule has 1 heterocycles. The zero-order valence-corrected chi connectivity index (χ0v) is 7.34. The Labute approximate surface area is 80.0 Å². The first kappa shape index (κ1) is 8.07. The minimum absolute atomic E-state index is 0.488. The van der Waals surface area contributed by atoms with E-state index in [4.69, 9.17) is 11.6 Å². The van der Waals surface area contributed by atoms with Gasteiger partial charge in [-0.3, -0.25) is 5.10 Å². The number of rotatable bonds is 2. The van der Waals surface area contributed by atoms with Crippen LogP contribution in [0.25, 0.3) is 0 Å². The Bertz CT molecular complexity index is 368. The normalized spacial score (nSPS) is 9.92. The summed E-state index contributed by atoms with van der Waals surface area (Å²) in [4.78, 5) is 3.80.